The Kier molecular flexibility index (Phi) is 3.01. The third-order valence-electron chi connectivity index (χ3n) is 0.717. The van der Waals surface area contributed by atoms with E-state index < -0.39 is 7.81 Å². The van der Waals surface area contributed by atoms with E-state index in [-0.39, 0.29) is 0 Å². The van der Waals surface area contributed by atoms with Crippen molar-refractivity contribution < 1.29 is 41.2 Å². The zero-order valence-electron chi connectivity index (χ0n) is 6.01. The molecule has 8 heteroatoms. The normalized spacial score (nSPS) is 21.0. The van der Waals surface area contributed by atoms with E-state index in [1.165, 1.54) is 4.47 Å². The fourth-order valence-electron chi connectivity index (χ4n) is 0.416. The maximum absolute atomic E-state index is 10.7. The van der Waals surface area contributed by atoms with E-state index in [1.54, 1.807) is 0 Å². The van der Waals surface area contributed by atoms with Gasteiger partial charge in [-0.05, 0) is 0 Å². The van der Waals surface area contributed by atoms with E-state index in [9.17, 15) is 25.2 Å². The van der Waals surface area contributed by atoms with Gasteiger partial charge in [0.05, 0.1) is 0 Å². The third kappa shape index (κ3) is 24.5. The number of hydrogen-bond donors (Lipinski definition) is 0. The molecule has 0 unspecified atom stereocenters. The molecule has 81 valence electrons. The van der Waals surface area contributed by atoms with Crippen LogP contribution in [0.2, 0.25) is 0 Å². The van der Waals surface area contributed by atoms with Crippen LogP contribution in [0.25, 0.3) is 0 Å². The van der Waals surface area contributed by atoms with E-state index in [1.807, 2.05) is 12.2 Å². The third-order valence-corrected chi connectivity index (χ3v) is 1.13. The van der Waals surface area contributed by atoms with Gasteiger partial charge in [-0.3, -0.25) is 0 Å². The van der Waals surface area contributed by atoms with Gasteiger partial charge in [-0.2, -0.15) is 0 Å². The average molecular weight is 266 g/mol. The molecule has 0 spiro atoms. The summed E-state index contributed by atoms with van der Waals surface area (Å²) in [5, 5.41) is 0. The summed E-state index contributed by atoms with van der Waals surface area (Å²) in [4.78, 5) is 0. The Hall–Kier alpha value is 0.00948. The Bertz CT molecular complexity index is 234. The van der Waals surface area contributed by atoms with Crippen molar-refractivity contribution in [3.05, 3.63) is 22.7 Å². The van der Waals surface area contributed by atoms with Crippen molar-refractivity contribution in [1.82, 2.24) is 0 Å². The average Bonchev–Trinajstić information content (AvgIpc) is 2.07. The molecular weight excluding hydrogens is 261 g/mol. The summed E-state index contributed by atoms with van der Waals surface area (Å²) in [6, 6.07) is 0. The Balaban J connectivity index is 0.000000223. The zero-order chi connectivity index (χ0) is 10.8. The van der Waals surface area contributed by atoms with Crippen LogP contribution in [0, 0.1) is 0 Å². The molecule has 0 aliphatic heterocycles. The van der Waals surface area contributed by atoms with Crippen LogP contribution in [0.15, 0.2) is 22.7 Å². The second kappa shape index (κ2) is 3.00. The molecule has 0 saturated heterocycles. The van der Waals surface area contributed by atoms with Gasteiger partial charge in [-0.25, -0.2) is 0 Å². The van der Waals surface area contributed by atoms with Crippen LogP contribution in [-0.2, 0) is 16.0 Å². The van der Waals surface area contributed by atoms with Crippen LogP contribution in [0.5, 0.6) is 0 Å². The van der Waals surface area contributed by atoms with Crippen molar-refractivity contribution in [2.75, 3.05) is 0 Å². The van der Waals surface area contributed by atoms with Gasteiger partial charge in [0.15, 0.2) is 0 Å². The number of halogens is 6. The minimum atomic E-state index is -10.7. The van der Waals surface area contributed by atoms with Crippen molar-refractivity contribution in [1.29, 1.82) is 0 Å². The summed E-state index contributed by atoms with van der Waals surface area (Å²) in [6.07, 6.45) is 7.21. The molecule has 0 saturated carbocycles. The maximum atomic E-state index is 9.87. The Morgan fingerprint density at radius 2 is 1.46 bits per heavy atom. The molecule has 13 heavy (non-hydrogen) atoms. The topological polar surface area (TPSA) is 0 Å². The molecule has 1 rings (SSSR count). The first-order valence-electron chi connectivity index (χ1n) is 2.91. The molecule has 0 atom stereocenters. The predicted molar refractivity (Wildman–Crippen MR) is 35.4 cm³/mol. The van der Waals surface area contributed by atoms with Crippen LogP contribution < -0.4 is 0 Å². The van der Waals surface area contributed by atoms with Gasteiger partial charge >= 0.3 is 78.1 Å². The molecule has 0 aromatic carbocycles. The SMILES string of the molecule is F[P-](F)(F)(F)(F)F.[Fe][C]1=CC=CC1. The van der Waals surface area contributed by atoms with Crippen molar-refractivity contribution in [3.63, 3.8) is 0 Å². The Morgan fingerprint density at radius 3 is 1.54 bits per heavy atom. The van der Waals surface area contributed by atoms with E-state index in [0.717, 1.165) is 6.42 Å². The first kappa shape index (κ1) is 13.0. The second-order valence-electron chi connectivity index (χ2n) is 2.19. The molecule has 0 amide bonds. The van der Waals surface area contributed by atoms with Crippen molar-refractivity contribution in [3.8, 4) is 0 Å². The number of allylic oxidation sites excluding steroid dienone is 4. The molecule has 0 aromatic rings. The standard InChI is InChI=1S/C5H5.F6P.Fe/c1-2-4-5-3-1;1-7(2,3,4,5)6;/h1-3H,4H2;;/q;-1;. The number of rotatable bonds is 0. The van der Waals surface area contributed by atoms with E-state index in [0.29, 0.717) is 0 Å². The van der Waals surface area contributed by atoms with Gasteiger partial charge in [0.2, 0.25) is 0 Å². The van der Waals surface area contributed by atoms with Gasteiger partial charge in [-0.15, -0.1) is 0 Å². The monoisotopic (exact) mass is 266 g/mol. The molecule has 0 heterocycles. The quantitative estimate of drug-likeness (QED) is 0.337. The summed E-state index contributed by atoms with van der Waals surface area (Å²) in [6.45, 7) is 0. The molecule has 0 bridgehead atoms. The van der Waals surface area contributed by atoms with Gasteiger partial charge in [-0.1, -0.05) is 0 Å². The van der Waals surface area contributed by atoms with Crippen LogP contribution in [0.4, 0.5) is 25.2 Å². The van der Waals surface area contributed by atoms with E-state index in [2.05, 4.69) is 22.1 Å². The van der Waals surface area contributed by atoms with Crippen molar-refractivity contribution in [2.24, 2.45) is 0 Å². The molecule has 1 aliphatic carbocycles. The van der Waals surface area contributed by atoms with Gasteiger partial charge in [0, 0.05) is 0 Å². The molecule has 0 aromatic heterocycles. The molecule has 0 N–H and O–H groups in total. The van der Waals surface area contributed by atoms with Crippen LogP contribution in [-0.4, -0.2) is 0 Å². The molecule has 0 nitrogen and oxygen atoms in total. The second-order valence-corrected chi connectivity index (χ2v) is 4.81. The molecule has 0 fully saturated rings. The summed E-state index contributed by atoms with van der Waals surface area (Å²) in [7, 11) is -10.7. The first-order chi connectivity index (χ1) is 5.34. The fraction of sp³-hybridized carbons (Fsp3) is 0.200. The van der Waals surface area contributed by atoms with Crippen molar-refractivity contribution >= 4 is 7.81 Å². The minimum absolute atomic E-state index is 1.06. The molecule has 0 radical (unpaired) electrons. The first-order valence-corrected chi connectivity index (χ1v) is 5.49. The Morgan fingerprint density at radius 1 is 1.08 bits per heavy atom. The van der Waals surface area contributed by atoms with Crippen LogP contribution in [0.1, 0.15) is 6.42 Å². The van der Waals surface area contributed by atoms with E-state index in [4.69, 9.17) is 0 Å². The predicted octanol–water partition coefficient (Wildman–Crippen LogP) is 4.76. The molecular formula is C5H5F6FeP-. The summed E-state index contributed by atoms with van der Waals surface area (Å²) in [5.74, 6) is 0. The van der Waals surface area contributed by atoms with Gasteiger partial charge in [0.25, 0.3) is 0 Å². The Labute approximate surface area is 78.7 Å². The van der Waals surface area contributed by atoms with Gasteiger partial charge < -0.3 is 0 Å². The summed E-state index contributed by atoms with van der Waals surface area (Å²) >= 11 is 3.74. The summed E-state index contributed by atoms with van der Waals surface area (Å²) in [5.41, 5.74) is 0. The fourth-order valence-corrected chi connectivity index (χ4v) is 0.652. The van der Waals surface area contributed by atoms with E-state index >= 15 is 0 Å². The van der Waals surface area contributed by atoms with Crippen molar-refractivity contribution in [2.45, 2.75) is 6.42 Å². The zero-order valence-corrected chi connectivity index (χ0v) is 8.01. The van der Waals surface area contributed by atoms with Gasteiger partial charge in [0.1, 0.15) is 0 Å². The van der Waals surface area contributed by atoms with Crippen LogP contribution >= 0.6 is 7.81 Å². The van der Waals surface area contributed by atoms with Crippen LogP contribution in [0.3, 0.4) is 0 Å². The number of hydrogen-bond acceptors (Lipinski definition) is 0. The summed E-state index contributed by atoms with van der Waals surface area (Å²) < 4.78 is 60.4. The molecule has 1 aliphatic rings.